The SMILES string of the molecule is C=C(CN1c2ccccc2Sc2ccc(Cl)cc21)c1ccc(C(=O)Nc2ccccc2N)cc1. The maximum Gasteiger partial charge on any atom is 0.255 e. The zero-order valence-corrected chi connectivity index (χ0v) is 19.9. The fourth-order valence-electron chi connectivity index (χ4n) is 3.92. The Bertz CT molecular complexity index is 1400. The van der Waals surface area contributed by atoms with Crippen molar-refractivity contribution in [2.75, 3.05) is 22.5 Å². The summed E-state index contributed by atoms with van der Waals surface area (Å²) >= 11 is 8.07. The molecule has 0 radical (unpaired) electrons. The van der Waals surface area contributed by atoms with Gasteiger partial charge in [-0.15, -0.1) is 0 Å². The van der Waals surface area contributed by atoms with Crippen molar-refractivity contribution in [2.45, 2.75) is 9.79 Å². The van der Waals surface area contributed by atoms with Crippen LogP contribution in [0.3, 0.4) is 0 Å². The van der Waals surface area contributed by atoms with Gasteiger partial charge in [-0.1, -0.05) is 66.3 Å². The Morgan fingerprint density at radius 2 is 1.56 bits per heavy atom. The predicted molar refractivity (Wildman–Crippen MR) is 143 cm³/mol. The van der Waals surface area contributed by atoms with Gasteiger partial charge >= 0.3 is 0 Å². The van der Waals surface area contributed by atoms with Crippen LogP contribution in [0.1, 0.15) is 15.9 Å². The van der Waals surface area contributed by atoms with E-state index in [1.807, 2.05) is 48.5 Å². The van der Waals surface area contributed by atoms with E-state index in [9.17, 15) is 4.79 Å². The number of carbonyl (C=O) groups is 1. The molecule has 1 aliphatic heterocycles. The molecular formula is C28H22ClN3OS. The van der Waals surface area contributed by atoms with Gasteiger partial charge in [-0.25, -0.2) is 0 Å². The number of nitrogen functional groups attached to an aromatic ring is 1. The van der Waals surface area contributed by atoms with E-state index in [4.69, 9.17) is 17.3 Å². The number of nitrogens with one attached hydrogen (secondary N) is 1. The minimum atomic E-state index is -0.208. The summed E-state index contributed by atoms with van der Waals surface area (Å²) in [6.45, 7) is 4.94. The summed E-state index contributed by atoms with van der Waals surface area (Å²) in [6, 6.07) is 29.0. The van der Waals surface area contributed by atoms with Crippen LogP contribution in [0.2, 0.25) is 5.02 Å². The van der Waals surface area contributed by atoms with E-state index in [1.165, 1.54) is 4.90 Å². The third kappa shape index (κ3) is 4.40. The molecule has 1 aliphatic rings. The van der Waals surface area contributed by atoms with Crippen LogP contribution in [0, 0.1) is 0 Å². The lowest BCUT2D eigenvalue weighted by Gasteiger charge is -2.33. The molecule has 3 N–H and O–H groups in total. The first-order valence-electron chi connectivity index (χ1n) is 10.8. The fraction of sp³-hybridized carbons (Fsp3) is 0.0357. The third-order valence-electron chi connectivity index (χ3n) is 5.70. The number of hydrogen-bond acceptors (Lipinski definition) is 4. The third-order valence-corrected chi connectivity index (χ3v) is 7.07. The maximum absolute atomic E-state index is 12.7. The number of anilines is 4. The number of para-hydroxylation sites is 3. The van der Waals surface area contributed by atoms with E-state index in [1.54, 1.807) is 36.0 Å². The van der Waals surface area contributed by atoms with Gasteiger partial charge in [0.2, 0.25) is 0 Å². The molecule has 6 heteroatoms. The highest BCUT2D eigenvalue weighted by molar-refractivity contribution is 7.99. The Kier molecular flexibility index (Phi) is 6.05. The highest BCUT2D eigenvalue weighted by Gasteiger charge is 2.24. The molecule has 0 aliphatic carbocycles. The molecule has 1 heterocycles. The van der Waals surface area contributed by atoms with Crippen LogP contribution in [-0.2, 0) is 0 Å². The quantitative estimate of drug-likeness (QED) is 0.289. The van der Waals surface area contributed by atoms with E-state index < -0.39 is 0 Å². The molecule has 0 unspecified atom stereocenters. The van der Waals surface area contributed by atoms with Crippen LogP contribution >= 0.6 is 23.4 Å². The first kappa shape index (κ1) is 22.1. The molecule has 4 aromatic carbocycles. The van der Waals surface area contributed by atoms with Crippen LogP contribution < -0.4 is 16.0 Å². The zero-order valence-electron chi connectivity index (χ0n) is 18.3. The van der Waals surface area contributed by atoms with Gasteiger partial charge in [-0.3, -0.25) is 4.79 Å². The van der Waals surface area contributed by atoms with E-state index in [0.717, 1.165) is 27.4 Å². The second-order valence-electron chi connectivity index (χ2n) is 7.99. The van der Waals surface area contributed by atoms with Crippen LogP contribution in [0.15, 0.2) is 107 Å². The Labute approximate surface area is 208 Å². The molecule has 0 bridgehead atoms. The molecule has 5 rings (SSSR count). The second-order valence-corrected chi connectivity index (χ2v) is 9.51. The van der Waals surface area contributed by atoms with E-state index in [0.29, 0.717) is 28.5 Å². The van der Waals surface area contributed by atoms with Gasteiger partial charge in [0.25, 0.3) is 5.91 Å². The van der Waals surface area contributed by atoms with Crippen molar-refractivity contribution in [1.82, 2.24) is 0 Å². The lowest BCUT2D eigenvalue weighted by Crippen LogP contribution is -2.22. The second kappa shape index (κ2) is 9.29. The molecule has 0 fully saturated rings. The average Bonchev–Trinajstić information content (AvgIpc) is 2.85. The first-order valence-corrected chi connectivity index (χ1v) is 12.0. The number of halogens is 1. The normalized spacial score (nSPS) is 12.0. The average molecular weight is 484 g/mol. The Morgan fingerprint density at radius 3 is 2.35 bits per heavy atom. The van der Waals surface area contributed by atoms with Crippen molar-refractivity contribution in [3.05, 3.63) is 114 Å². The molecule has 0 saturated heterocycles. The number of benzene rings is 4. The molecule has 168 valence electrons. The maximum atomic E-state index is 12.7. The monoisotopic (exact) mass is 483 g/mol. The molecule has 1 amide bonds. The zero-order chi connectivity index (χ0) is 23.7. The van der Waals surface area contributed by atoms with Crippen molar-refractivity contribution in [3.63, 3.8) is 0 Å². The standard InChI is InChI=1S/C28H22ClN3OS/c1-18(19-10-12-20(13-11-19)28(33)31-23-7-3-2-6-22(23)30)17-32-24-8-4-5-9-26(24)34-27-15-14-21(29)16-25(27)32/h2-16H,1,17,30H2,(H,31,33). The Balaban J connectivity index is 1.37. The number of nitrogens with two attached hydrogens (primary N) is 1. The minimum absolute atomic E-state index is 0.208. The van der Waals surface area contributed by atoms with Gasteiger partial charge in [0.15, 0.2) is 0 Å². The molecule has 0 atom stereocenters. The van der Waals surface area contributed by atoms with Gasteiger partial charge in [-0.05, 0) is 65.7 Å². The number of rotatable bonds is 5. The molecule has 0 aromatic heterocycles. The summed E-state index contributed by atoms with van der Waals surface area (Å²) in [5, 5.41) is 3.56. The summed E-state index contributed by atoms with van der Waals surface area (Å²) in [7, 11) is 0. The van der Waals surface area contributed by atoms with Crippen molar-refractivity contribution < 1.29 is 4.79 Å². The van der Waals surface area contributed by atoms with Gasteiger partial charge in [0.05, 0.1) is 22.7 Å². The van der Waals surface area contributed by atoms with Gasteiger partial charge < -0.3 is 16.0 Å². The van der Waals surface area contributed by atoms with Crippen molar-refractivity contribution in [3.8, 4) is 0 Å². The smallest absolute Gasteiger partial charge is 0.255 e. The number of amides is 1. The molecule has 34 heavy (non-hydrogen) atoms. The topological polar surface area (TPSA) is 58.4 Å². The van der Waals surface area contributed by atoms with Gasteiger partial charge in [0, 0.05) is 26.9 Å². The van der Waals surface area contributed by atoms with E-state index >= 15 is 0 Å². The minimum Gasteiger partial charge on any atom is -0.397 e. The number of nitrogens with zero attached hydrogens (tertiary/aromatic N) is 1. The van der Waals surface area contributed by atoms with Crippen molar-refractivity contribution in [1.29, 1.82) is 0 Å². The summed E-state index contributed by atoms with van der Waals surface area (Å²) in [4.78, 5) is 17.3. The fourth-order valence-corrected chi connectivity index (χ4v) is 5.16. The molecule has 4 nitrogen and oxygen atoms in total. The number of fused-ring (bicyclic) bond motifs is 2. The predicted octanol–water partition coefficient (Wildman–Crippen LogP) is 7.49. The lowest BCUT2D eigenvalue weighted by atomic mass is 10.0. The first-order chi connectivity index (χ1) is 16.5. The van der Waals surface area contributed by atoms with Crippen LogP contribution in [0.25, 0.3) is 5.57 Å². The van der Waals surface area contributed by atoms with Crippen LogP contribution in [0.4, 0.5) is 22.7 Å². The van der Waals surface area contributed by atoms with Gasteiger partial charge in [0.1, 0.15) is 0 Å². The van der Waals surface area contributed by atoms with E-state index in [2.05, 4.69) is 35.0 Å². The molecule has 0 spiro atoms. The molecule has 0 saturated carbocycles. The highest BCUT2D eigenvalue weighted by Crippen LogP contribution is 2.49. The summed E-state index contributed by atoms with van der Waals surface area (Å²) in [6.07, 6.45) is 0. The van der Waals surface area contributed by atoms with E-state index in [-0.39, 0.29) is 5.91 Å². The number of carbonyl (C=O) groups excluding carboxylic acids is 1. The summed E-state index contributed by atoms with van der Waals surface area (Å²) in [5.74, 6) is -0.208. The van der Waals surface area contributed by atoms with Crippen molar-refractivity contribution in [2.24, 2.45) is 0 Å². The van der Waals surface area contributed by atoms with Crippen LogP contribution in [-0.4, -0.2) is 12.5 Å². The molecular weight excluding hydrogens is 462 g/mol. The largest absolute Gasteiger partial charge is 0.397 e. The summed E-state index contributed by atoms with van der Waals surface area (Å²) in [5.41, 5.74) is 11.7. The van der Waals surface area contributed by atoms with Crippen LogP contribution in [0.5, 0.6) is 0 Å². The number of hydrogen-bond donors (Lipinski definition) is 2. The highest BCUT2D eigenvalue weighted by atomic mass is 35.5. The van der Waals surface area contributed by atoms with Gasteiger partial charge in [-0.2, -0.15) is 0 Å². The van der Waals surface area contributed by atoms with Crippen molar-refractivity contribution >= 4 is 57.6 Å². The molecule has 4 aromatic rings. The Hall–Kier alpha value is -3.67. The lowest BCUT2D eigenvalue weighted by molar-refractivity contribution is 0.102. The Morgan fingerprint density at radius 1 is 0.882 bits per heavy atom. The summed E-state index contributed by atoms with van der Waals surface area (Å²) < 4.78 is 0.